The van der Waals surface area contributed by atoms with Crippen LogP contribution in [0.25, 0.3) is 0 Å². The van der Waals surface area contributed by atoms with Crippen LogP contribution in [0.5, 0.6) is 5.75 Å². The molecule has 0 radical (unpaired) electrons. The zero-order valence-corrected chi connectivity index (χ0v) is 20.2. The fourth-order valence-electron chi connectivity index (χ4n) is 4.00. The molecule has 35 heavy (non-hydrogen) atoms. The number of ether oxygens (including phenoxy) is 2. The van der Waals surface area contributed by atoms with Crippen molar-refractivity contribution in [2.24, 2.45) is 11.7 Å². The van der Waals surface area contributed by atoms with Crippen molar-refractivity contribution in [3.8, 4) is 5.75 Å². The molecular formula is C25H30ClF2N3O4. The third-order valence-corrected chi connectivity index (χ3v) is 6.33. The molecule has 4 N–H and O–H groups in total. The maximum absolute atomic E-state index is 13.1. The summed E-state index contributed by atoms with van der Waals surface area (Å²) in [6, 6.07) is 9.47. The van der Waals surface area contributed by atoms with Gasteiger partial charge >= 0.3 is 0 Å². The molecule has 2 amide bonds. The molecule has 3 rings (SSSR count). The fourth-order valence-corrected chi connectivity index (χ4v) is 4.20. The highest BCUT2D eigenvalue weighted by Crippen LogP contribution is 2.30. The van der Waals surface area contributed by atoms with Crippen molar-refractivity contribution >= 4 is 29.1 Å². The van der Waals surface area contributed by atoms with Crippen LogP contribution in [-0.2, 0) is 11.3 Å². The van der Waals surface area contributed by atoms with E-state index in [2.05, 4.69) is 10.6 Å². The standard InChI is InChI=1S/C25H30ClF2N3O4/c1-34-10-11-35-22-9-7-18(31-24(32)19-12-15(14-29)2-8-21(19)26)13-20(22)25(33)30-17-5-3-16(4-6-17)23(27)28/h2,7-9,12-13,16-17,23H,3-6,10-11,14,29H2,1H3,(H,30,33)(H,31,32). The Bertz CT molecular complexity index is 1030. The van der Waals surface area contributed by atoms with E-state index in [0.717, 1.165) is 5.56 Å². The van der Waals surface area contributed by atoms with Gasteiger partial charge in [-0.3, -0.25) is 9.59 Å². The molecule has 0 aliphatic heterocycles. The van der Waals surface area contributed by atoms with Crippen molar-refractivity contribution in [1.29, 1.82) is 0 Å². The van der Waals surface area contributed by atoms with Crippen molar-refractivity contribution in [2.45, 2.75) is 44.7 Å². The summed E-state index contributed by atoms with van der Waals surface area (Å²) < 4.78 is 36.6. The monoisotopic (exact) mass is 509 g/mol. The quantitative estimate of drug-likeness (QED) is 0.405. The summed E-state index contributed by atoms with van der Waals surface area (Å²) in [4.78, 5) is 25.9. The summed E-state index contributed by atoms with van der Waals surface area (Å²) in [6.45, 7) is 0.811. The van der Waals surface area contributed by atoms with Crippen molar-refractivity contribution in [2.75, 3.05) is 25.6 Å². The summed E-state index contributed by atoms with van der Waals surface area (Å²) in [7, 11) is 1.54. The van der Waals surface area contributed by atoms with E-state index in [1.54, 1.807) is 30.3 Å². The molecule has 1 fully saturated rings. The molecule has 2 aromatic rings. The van der Waals surface area contributed by atoms with Crippen LogP contribution in [0.1, 0.15) is 52.0 Å². The maximum Gasteiger partial charge on any atom is 0.257 e. The number of amides is 2. The molecule has 0 aromatic heterocycles. The third kappa shape index (κ3) is 7.37. The lowest BCUT2D eigenvalue weighted by atomic mass is 9.86. The summed E-state index contributed by atoms with van der Waals surface area (Å²) in [5.41, 5.74) is 7.26. The molecule has 10 heteroatoms. The molecule has 7 nitrogen and oxygen atoms in total. The second-order valence-corrected chi connectivity index (χ2v) is 8.85. The number of hydrogen-bond donors (Lipinski definition) is 3. The molecule has 0 atom stereocenters. The number of methoxy groups -OCH3 is 1. The van der Waals surface area contributed by atoms with Gasteiger partial charge in [-0.15, -0.1) is 0 Å². The molecule has 0 saturated heterocycles. The van der Waals surface area contributed by atoms with Crippen LogP contribution in [-0.4, -0.2) is 44.6 Å². The molecule has 0 heterocycles. The number of rotatable bonds is 10. The Kier molecular flexibility index (Phi) is 9.83. The number of benzene rings is 2. The number of hydrogen-bond acceptors (Lipinski definition) is 5. The molecule has 1 aliphatic carbocycles. The number of anilines is 1. The van der Waals surface area contributed by atoms with E-state index in [4.69, 9.17) is 26.8 Å². The Labute approximate surface area is 208 Å². The van der Waals surface area contributed by atoms with Gasteiger partial charge in [0.15, 0.2) is 0 Å². The molecule has 1 aliphatic rings. The molecule has 190 valence electrons. The van der Waals surface area contributed by atoms with Gasteiger partial charge in [-0.05, 0) is 61.6 Å². The average Bonchev–Trinajstić information content (AvgIpc) is 2.85. The second kappa shape index (κ2) is 12.8. The SMILES string of the molecule is COCCOc1ccc(NC(=O)c2cc(CN)ccc2Cl)cc1C(=O)NC1CCC(C(F)F)CC1. The zero-order valence-electron chi connectivity index (χ0n) is 19.5. The number of nitrogens with one attached hydrogen (secondary N) is 2. The highest BCUT2D eigenvalue weighted by Gasteiger charge is 2.29. The summed E-state index contributed by atoms with van der Waals surface area (Å²) in [6.07, 6.45) is -0.663. The van der Waals surface area contributed by atoms with E-state index >= 15 is 0 Å². The first kappa shape index (κ1) is 26.8. The topological polar surface area (TPSA) is 103 Å². The van der Waals surface area contributed by atoms with Gasteiger partial charge in [0, 0.05) is 31.3 Å². The van der Waals surface area contributed by atoms with Crippen LogP contribution >= 0.6 is 11.6 Å². The van der Waals surface area contributed by atoms with Crippen molar-refractivity contribution < 1.29 is 27.8 Å². The highest BCUT2D eigenvalue weighted by molar-refractivity contribution is 6.34. The lowest BCUT2D eigenvalue weighted by molar-refractivity contribution is 0.0499. The van der Waals surface area contributed by atoms with Gasteiger partial charge in [0.2, 0.25) is 6.43 Å². The lowest BCUT2D eigenvalue weighted by Gasteiger charge is -2.28. The Morgan fingerprint density at radius 3 is 2.46 bits per heavy atom. The molecule has 1 saturated carbocycles. The van der Waals surface area contributed by atoms with E-state index in [-0.39, 0.29) is 35.3 Å². The molecule has 0 unspecified atom stereocenters. The first-order valence-electron chi connectivity index (χ1n) is 11.5. The number of carbonyl (C=O) groups excluding carboxylic acids is 2. The zero-order chi connectivity index (χ0) is 25.4. The van der Waals surface area contributed by atoms with Gasteiger partial charge in [0.1, 0.15) is 12.4 Å². The Hall–Kier alpha value is -2.75. The second-order valence-electron chi connectivity index (χ2n) is 8.44. The predicted octanol–water partition coefficient (Wildman–Crippen LogP) is 4.63. The number of carbonyl (C=O) groups is 2. The summed E-state index contributed by atoms with van der Waals surface area (Å²) >= 11 is 6.19. The minimum absolute atomic E-state index is 0.208. The number of nitrogens with two attached hydrogens (primary N) is 1. The van der Waals surface area contributed by atoms with Gasteiger partial charge in [0.25, 0.3) is 11.8 Å². The van der Waals surface area contributed by atoms with Gasteiger partial charge in [-0.2, -0.15) is 0 Å². The third-order valence-electron chi connectivity index (χ3n) is 6.00. The number of alkyl halides is 2. The van der Waals surface area contributed by atoms with Gasteiger partial charge in [-0.1, -0.05) is 17.7 Å². The normalized spacial score (nSPS) is 17.8. The van der Waals surface area contributed by atoms with Crippen LogP contribution in [0.3, 0.4) is 0 Å². The van der Waals surface area contributed by atoms with Gasteiger partial charge in [0.05, 0.1) is 22.8 Å². The Morgan fingerprint density at radius 1 is 1.06 bits per heavy atom. The highest BCUT2D eigenvalue weighted by atomic mass is 35.5. The van der Waals surface area contributed by atoms with Crippen LogP contribution in [0.2, 0.25) is 5.02 Å². The maximum atomic E-state index is 13.1. The van der Waals surface area contributed by atoms with Gasteiger partial charge < -0.3 is 25.8 Å². The molecular weight excluding hydrogens is 480 g/mol. The fraction of sp³-hybridized carbons (Fsp3) is 0.440. The predicted molar refractivity (Wildman–Crippen MR) is 130 cm³/mol. The lowest BCUT2D eigenvalue weighted by Crippen LogP contribution is -2.38. The van der Waals surface area contributed by atoms with E-state index in [0.29, 0.717) is 43.7 Å². The van der Waals surface area contributed by atoms with Crippen molar-refractivity contribution in [1.82, 2.24) is 5.32 Å². The van der Waals surface area contributed by atoms with E-state index in [9.17, 15) is 18.4 Å². The first-order chi connectivity index (χ1) is 16.8. The number of halogens is 3. The smallest absolute Gasteiger partial charge is 0.257 e. The average molecular weight is 510 g/mol. The summed E-state index contributed by atoms with van der Waals surface area (Å²) in [5, 5.41) is 5.95. The Morgan fingerprint density at radius 2 is 1.80 bits per heavy atom. The first-order valence-corrected chi connectivity index (χ1v) is 11.8. The molecule has 2 aromatic carbocycles. The van der Waals surface area contributed by atoms with Crippen molar-refractivity contribution in [3.05, 3.63) is 58.1 Å². The Balaban J connectivity index is 1.77. The minimum Gasteiger partial charge on any atom is -0.490 e. The van der Waals surface area contributed by atoms with Crippen LogP contribution < -0.4 is 21.1 Å². The molecule has 0 spiro atoms. The largest absolute Gasteiger partial charge is 0.490 e. The van der Waals surface area contributed by atoms with Crippen molar-refractivity contribution in [3.63, 3.8) is 0 Å². The van der Waals surface area contributed by atoms with E-state index < -0.39 is 24.2 Å². The van der Waals surface area contributed by atoms with E-state index in [1.807, 2.05) is 0 Å². The van der Waals surface area contributed by atoms with Crippen LogP contribution in [0, 0.1) is 5.92 Å². The van der Waals surface area contributed by atoms with Gasteiger partial charge in [-0.25, -0.2) is 8.78 Å². The molecule has 0 bridgehead atoms. The van der Waals surface area contributed by atoms with Crippen LogP contribution in [0.15, 0.2) is 36.4 Å². The van der Waals surface area contributed by atoms with Crippen LogP contribution in [0.4, 0.5) is 14.5 Å². The summed E-state index contributed by atoms with van der Waals surface area (Å²) in [5.74, 6) is -1.16. The minimum atomic E-state index is -2.34. The van der Waals surface area contributed by atoms with E-state index in [1.165, 1.54) is 13.2 Å².